The lowest BCUT2D eigenvalue weighted by atomic mass is 9.89. The Labute approximate surface area is 190 Å². The number of anilines is 1. The van der Waals surface area contributed by atoms with E-state index in [4.69, 9.17) is 0 Å². The SMILES string of the molecule is Cc1cnc(NCC2CCCCC2)nc1C(C(=O)ON=O)c1nc(-c2ccccc2)cs1. The van der Waals surface area contributed by atoms with Crippen LogP contribution in [0.2, 0.25) is 0 Å². The summed E-state index contributed by atoms with van der Waals surface area (Å²) in [4.78, 5) is 41.5. The first-order valence-electron chi connectivity index (χ1n) is 10.8. The molecule has 0 bridgehead atoms. The highest BCUT2D eigenvalue weighted by Gasteiger charge is 2.32. The molecule has 1 fully saturated rings. The second-order valence-electron chi connectivity index (χ2n) is 8.00. The van der Waals surface area contributed by atoms with Crippen molar-refractivity contribution in [2.45, 2.75) is 44.9 Å². The zero-order chi connectivity index (χ0) is 22.3. The summed E-state index contributed by atoms with van der Waals surface area (Å²) in [5.41, 5.74) is 2.83. The molecule has 0 amide bonds. The first-order valence-corrected chi connectivity index (χ1v) is 11.7. The minimum atomic E-state index is -0.964. The molecular formula is C23H25N5O3S. The lowest BCUT2D eigenvalue weighted by molar-refractivity contribution is -0.144. The van der Waals surface area contributed by atoms with E-state index in [-0.39, 0.29) is 0 Å². The predicted octanol–water partition coefficient (Wildman–Crippen LogP) is 5.26. The number of thiazole rings is 1. The number of aromatic nitrogens is 3. The Morgan fingerprint density at radius 1 is 1.22 bits per heavy atom. The van der Waals surface area contributed by atoms with Crippen molar-refractivity contribution in [3.05, 3.63) is 63.1 Å². The molecule has 1 aliphatic rings. The van der Waals surface area contributed by atoms with Crippen LogP contribution >= 0.6 is 11.3 Å². The van der Waals surface area contributed by atoms with Gasteiger partial charge in [-0.15, -0.1) is 16.2 Å². The Bertz CT molecular complexity index is 1070. The summed E-state index contributed by atoms with van der Waals surface area (Å²) in [6, 6.07) is 9.67. The molecule has 9 heteroatoms. The van der Waals surface area contributed by atoms with Crippen LogP contribution in [0.5, 0.6) is 0 Å². The van der Waals surface area contributed by atoms with Gasteiger partial charge >= 0.3 is 5.97 Å². The van der Waals surface area contributed by atoms with E-state index in [0.717, 1.165) is 17.8 Å². The van der Waals surface area contributed by atoms with Gasteiger partial charge in [0.1, 0.15) is 5.01 Å². The molecule has 2 heterocycles. The maximum absolute atomic E-state index is 12.7. The molecule has 4 rings (SSSR count). The van der Waals surface area contributed by atoms with Crippen molar-refractivity contribution in [3.63, 3.8) is 0 Å². The van der Waals surface area contributed by atoms with Crippen LogP contribution in [0.1, 0.15) is 54.3 Å². The van der Waals surface area contributed by atoms with Crippen LogP contribution in [-0.2, 0) is 9.63 Å². The van der Waals surface area contributed by atoms with Crippen molar-refractivity contribution in [2.24, 2.45) is 11.3 Å². The third-order valence-corrected chi connectivity index (χ3v) is 6.67. The molecule has 1 aliphatic carbocycles. The molecule has 1 N–H and O–H groups in total. The number of carbonyl (C=O) groups excluding carboxylic acids is 1. The minimum Gasteiger partial charge on any atom is -0.354 e. The fourth-order valence-electron chi connectivity index (χ4n) is 4.04. The van der Waals surface area contributed by atoms with Gasteiger partial charge < -0.3 is 5.32 Å². The number of hydrogen-bond donors (Lipinski definition) is 1. The fraction of sp³-hybridized carbons (Fsp3) is 0.391. The van der Waals surface area contributed by atoms with Gasteiger partial charge in [-0.25, -0.2) is 19.7 Å². The number of benzene rings is 1. The van der Waals surface area contributed by atoms with Gasteiger partial charge in [0.05, 0.1) is 11.4 Å². The van der Waals surface area contributed by atoms with Gasteiger partial charge in [0.25, 0.3) is 0 Å². The monoisotopic (exact) mass is 451 g/mol. The molecule has 3 aromatic rings. The predicted molar refractivity (Wildman–Crippen MR) is 123 cm³/mol. The van der Waals surface area contributed by atoms with Gasteiger partial charge in [-0.3, -0.25) is 4.84 Å². The molecule has 166 valence electrons. The Morgan fingerprint density at radius 3 is 2.75 bits per heavy atom. The maximum atomic E-state index is 12.7. The Morgan fingerprint density at radius 2 is 2.00 bits per heavy atom. The molecule has 0 aliphatic heterocycles. The van der Waals surface area contributed by atoms with Crippen LogP contribution in [-0.4, -0.2) is 27.5 Å². The fourth-order valence-corrected chi connectivity index (χ4v) is 4.96. The van der Waals surface area contributed by atoms with Crippen LogP contribution in [0.15, 0.2) is 47.2 Å². The van der Waals surface area contributed by atoms with E-state index in [1.54, 1.807) is 6.20 Å². The van der Waals surface area contributed by atoms with Gasteiger partial charge in [0.2, 0.25) is 5.95 Å². The van der Waals surface area contributed by atoms with Crippen LogP contribution in [0, 0.1) is 17.7 Å². The number of nitrogens with zero attached hydrogens (tertiary/aromatic N) is 4. The molecule has 0 spiro atoms. The first-order chi connectivity index (χ1) is 15.7. The molecule has 1 saturated carbocycles. The molecule has 1 aromatic carbocycles. The minimum absolute atomic E-state index is 0.452. The summed E-state index contributed by atoms with van der Waals surface area (Å²) in [5, 5.41) is 8.01. The smallest absolute Gasteiger partial charge is 0.354 e. The molecule has 1 unspecified atom stereocenters. The summed E-state index contributed by atoms with van der Waals surface area (Å²) in [6.07, 6.45) is 7.89. The van der Waals surface area contributed by atoms with Gasteiger partial charge in [-0.1, -0.05) is 49.6 Å². The summed E-state index contributed by atoms with van der Waals surface area (Å²) in [5.74, 6) is -0.722. The van der Waals surface area contributed by atoms with Crippen molar-refractivity contribution < 1.29 is 9.63 Å². The maximum Gasteiger partial charge on any atom is 0.354 e. The van der Waals surface area contributed by atoms with Crippen LogP contribution in [0.3, 0.4) is 0 Å². The van der Waals surface area contributed by atoms with E-state index in [1.165, 1.54) is 43.4 Å². The third kappa shape index (κ3) is 5.16. The van der Waals surface area contributed by atoms with Crippen LogP contribution in [0.25, 0.3) is 11.3 Å². The molecular weight excluding hydrogens is 426 g/mol. The van der Waals surface area contributed by atoms with Gasteiger partial charge in [-0.05, 0) is 31.2 Å². The Kier molecular flexibility index (Phi) is 7.16. The van der Waals surface area contributed by atoms with E-state index >= 15 is 0 Å². The standard InChI is InChI=1S/C23H25N5O3S/c1-15-12-24-23(25-13-16-8-4-2-5-9-16)27-20(15)19(22(29)31-28-30)21-26-18(14-32-21)17-10-6-3-7-11-17/h3,6-7,10-12,14,16,19H,2,4-5,8-9,13H2,1H3,(H,24,25,27). The molecule has 0 saturated heterocycles. The summed E-state index contributed by atoms with van der Waals surface area (Å²) < 4.78 is 0. The van der Waals surface area contributed by atoms with Gasteiger partial charge in [0, 0.05) is 23.7 Å². The van der Waals surface area contributed by atoms with E-state index in [0.29, 0.717) is 28.1 Å². The third-order valence-electron chi connectivity index (χ3n) is 5.76. The highest BCUT2D eigenvalue weighted by molar-refractivity contribution is 7.10. The Balaban J connectivity index is 1.62. The number of carbonyl (C=O) groups is 1. The van der Waals surface area contributed by atoms with E-state index in [1.807, 2.05) is 42.6 Å². The molecule has 1 atom stereocenters. The lowest BCUT2D eigenvalue weighted by Crippen LogP contribution is -2.21. The zero-order valence-electron chi connectivity index (χ0n) is 17.9. The Hall–Kier alpha value is -3.20. The largest absolute Gasteiger partial charge is 0.354 e. The highest BCUT2D eigenvalue weighted by Crippen LogP contribution is 2.33. The van der Waals surface area contributed by atoms with Crippen molar-refractivity contribution in [2.75, 3.05) is 11.9 Å². The molecule has 8 nitrogen and oxygen atoms in total. The highest BCUT2D eigenvalue weighted by atomic mass is 32.1. The van der Waals surface area contributed by atoms with E-state index < -0.39 is 11.9 Å². The number of rotatable bonds is 8. The molecule has 2 aromatic heterocycles. The second kappa shape index (κ2) is 10.4. The van der Waals surface area contributed by atoms with Crippen LogP contribution in [0.4, 0.5) is 5.95 Å². The molecule has 32 heavy (non-hydrogen) atoms. The van der Waals surface area contributed by atoms with E-state index in [2.05, 4.69) is 30.4 Å². The van der Waals surface area contributed by atoms with E-state index in [9.17, 15) is 9.70 Å². The second-order valence-corrected chi connectivity index (χ2v) is 8.89. The topological polar surface area (TPSA) is 106 Å². The average molecular weight is 452 g/mol. The van der Waals surface area contributed by atoms with Crippen molar-refractivity contribution in [1.82, 2.24) is 15.0 Å². The molecule has 0 radical (unpaired) electrons. The summed E-state index contributed by atoms with van der Waals surface area (Å²) >= 11 is 1.32. The van der Waals surface area contributed by atoms with Crippen LogP contribution < -0.4 is 5.32 Å². The zero-order valence-corrected chi connectivity index (χ0v) is 18.7. The number of aryl methyl sites for hydroxylation is 1. The number of nitrogens with one attached hydrogen (secondary N) is 1. The normalized spacial score (nSPS) is 15.2. The number of hydrogen-bond acceptors (Lipinski definition) is 9. The van der Waals surface area contributed by atoms with Crippen molar-refractivity contribution in [3.8, 4) is 11.3 Å². The van der Waals surface area contributed by atoms with Gasteiger partial charge in [0.15, 0.2) is 11.3 Å². The summed E-state index contributed by atoms with van der Waals surface area (Å²) in [6.45, 7) is 2.61. The lowest BCUT2D eigenvalue weighted by Gasteiger charge is -2.22. The van der Waals surface area contributed by atoms with Crippen molar-refractivity contribution >= 4 is 23.3 Å². The summed E-state index contributed by atoms with van der Waals surface area (Å²) in [7, 11) is 0. The quantitative estimate of drug-likeness (QED) is 0.368. The van der Waals surface area contributed by atoms with Crippen molar-refractivity contribution in [1.29, 1.82) is 0 Å². The first kappa shape index (κ1) is 22.0. The average Bonchev–Trinajstić information content (AvgIpc) is 3.31. The van der Waals surface area contributed by atoms with Gasteiger partial charge in [-0.2, -0.15) is 0 Å².